The summed E-state index contributed by atoms with van der Waals surface area (Å²) in [6, 6.07) is 13.4. The van der Waals surface area contributed by atoms with Gasteiger partial charge in [0, 0.05) is 23.7 Å². The molecule has 0 saturated heterocycles. The lowest BCUT2D eigenvalue weighted by Crippen LogP contribution is -2.16. The van der Waals surface area contributed by atoms with E-state index in [9.17, 15) is 4.79 Å². The fourth-order valence-electron chi connectivity index (χ4n) is 2.30. The van der Waals surface area contributed by atoms with Crippen molar-refractivity contribution in [2.75, 3.05) is 24.3 Å². The van der Waals surface area contributed by atoms with Crippen LogP contribution in [-0.4, -0.2) is 19.6 Å². The van der Waals surface area contributed by atoms with Crippen LogP contribution in [0, 0.1) is 0 Å². The average molecular weight is 347 g/mol. The van der Waals surface area contributed by atoms with Crippen LogP contribution in [0.25, 0.3) is 0 Å². The van der Waals surface area contributed by atoms with E-state index in [0.717, 1.165) is 5.69 Å². The number of methoxy groups -OCH3 is 1. The maximum Gasteiger partial charge on any atom is 0.226 e. The van der Waals surface area contributed by atoms with E-state index in [-0.39, 0.29) is 5.91 Å². The molecule has 2 rings (SSSR count). The summed E-state index contributed by atoms with van der Waals surface area (Å²) in [6.07, 6.45) is 0.349. The minimum Gasteiger partial charge on any atom is -0.495 e. The van der Waals surface area contributed by atoms with E-state index in [1.807, 2.05) is 12.1 Å². The van der Waals surface area contributed by atoms with Crippen molar-refractivity contribution in [1.29, 1.82) is 0 Å². The molecule has 2 aromatic carbocycles. The normalized spacial score (nSPS) is 10.5. The third-order valence-corrected chi connectivity index (χ3v) is 3.93. The van der Waals surface area contributed by atoms with Crippen LogP contribution in [0.3, 0.4) is 0 Å². The first-order valence-corrected chi connectivity index (χ1v) is 8.34. The molecule has 0 spiro atoms. The maximum absolute atomic E-state index is 12.1. The van der Waals surface area contributed by atoms with E-state index >= 15 is 0 Å². The van der Waals surface area contributed by atoms with Gasteiger partial charge in [-0.25, -0.2) is 0 Å². The third-order valence-electron chi connectivity index (χ3n) is 3.69. The van der Waals surface area contributed by atoms with E-state index in [2.05, 4.69) is 36.6 Å². The number of halogens is 1. The Kier molecular flexibility index (Phi) is 6.50. The second kappa shape index (κ2) is 8.60. The zero-order valence-electron chi connectivity index (χ0n) is 14.2. The molecule has 1 amide bonds. The molecule has 2 aromatic rings. The van der Waals surface area contributed by atoms with Crippen LogP contribution in [0.5, 0.6) is 5.75 Å². The Balaban J connectivity index is 1.84. The first kappa shape index (κ1) is 18.1. The van der Waals surface area contributed by atoms with Gasteiger partial charge in [0.25, 0.3) is 0 Å². The first-order chi connectivity index (χ1) is 11.5. The van der Waals surface area contributed by atoms with Gasteiger partial charge in [-0.2, -0.15) is 0 Å². The molecule has 24 heavy (non-hydrogen) atoms. The number of nitrogens with one attached hydrogen (secondary N) is 2. The van der Waals surface area contributed by atoms with E-state index in [1.165, 1.54) is 5.56 Å². The maximum atomic E-state index is 12.1. The number of hydrogen-bond donors (Lipinski definition) is 2. The fourth-order valence-corrected chi connectivity index (χ4v) is 2.47. The van der Waals surface area contributed by atoms with Crippen molar-refractivity contribution in [2.24, 2.45) is 0 Å². The van der Waals surface area contributed by atoms with Gasteiger partial charge in [0.1, 0.15) is 5.75 Å². The fraction of sp³-hybridized carbons (Fsp3) is 0.316. The highest BCUT2D eigenvalue weighted by Gasteiger charge is 2.08. The Morgan fingerprint density at radius 1 is 1.17 bits per heavy atom. The second-order valence-electron chi connectivity index (χ2n) is 5.85. The summed E-state index contributed by atoms with van der Waals surface area (Å²) in [5.74, 6) is 1.00. The molecule has 0 fully saturated rings. The summed E-state index contributed by atoms with van der Waals surface area (Å²) in [7, 11) is 1.56. The van der Waals surface area contributed by atoms with Crippen LogP contribution in [0.15, 0.2) is 42.5 Å². The predicted molar refractivity (Wildman–Crippen MR) is 100 cm³/mol. The van der Waals surface area contributed by atoms with Crippen molar-refractivity contribution >= 4 is 28.9 Å². The zero-order chi connectivity index (χ0) is 17.5. The van der Waals surface area contributed by atoms with Gasteiger partial charge in [-0.1, -0.05) is 37.6 Å². The van der Waals surface area contributed by atoms with Crippen LogP contribution in [-0.2, 0) is 4.79 Å². The minimum absolute atomic E-state index is 0.0955. The number of carbonyl (C=O) groups excluding carboxylic acids is 1. The standard InChI is InChI=1S/C19H23ClN2O2/c1-13(2)14-4-7-16(8-5-14)21-11-10-19(23)22-17-12-15(20)6-9-18(17)24-3/h4-9,12-13,21H,10-11H2,1-3H3,(H,22,23). The van der Waals surface area contributed by atoms with Crippen molar-refractivity contribution in [2.45, 2.75) is 26.2 Å². The summed E-state index contributed by atoms with van der Waals surface area (Å²) in [6.45, 7) is 4.88. The van der Waals surface area contributed by atoms with E-state index in [1.54, 1.807) is 25.3 Å². The molecular formula is C19H23ClN2O2. The molecule has 0 bridgehead atoms. The van der Waals surface area contributed by atoms with Crippen molar-refractivity contribution in [3.05, 3.63) is 53.1 Å². The van der Waals surface area contributed by atoms with E-state index < -0.39 is 0 Å². The molecule has 0 aliphatic rings. The van der Waals surface area contributed by atoms with Crippen LogP contribution in [0.1, 0.15) is 31.7 Å². The molecule has 5 heteroatoms. The predicted octanol–water partition coefficient (Wildman–Crippen LogP) is 4.91. The van der Waals surface area contributed by atoms with Gasteiger partial charge in [-0.05, 0) is 41.8 Å². The van der Waals surface area contributed by atoms with Gasteiger partial charge in [0.15, 0.2) is 0 Å². The Morgan fingerprint density at radius 2 is 1.88 bits per heavy atom. The van der Waals surface area contributed by atoms with Gasteiger partial charge in [-0.15, -0.1) is 0 Å². The van der Waals surface area contributed by atoms with Gasteiger partial charge in [0.2, 0.25) is 5.91 Å². The lowest BCUT2D eigenvalue weighted by Gasteiger charge is -2.12. The van der Waals surface area contributed by atoms with Crippen LogP contribution >= 0.6 is 11.6 Å². The van der Waals surface area contributed by atoms with Crippen molar-refractivity contribution in [3.63, 3.8) is 0 Å². The molecule has 0 aliphatic carbocycles. The van der Waals surface area contributed by atoms with Crippen molar-refractivity contribution < 1.29 is 9.53 Å². The summed E-state index contributed by atoms with van der Waals surface area (Å²) >= 11 is 5.96. The third kappa shape index (κ3) is 5.17. The number of benzene rings is 2. The molecule has 2 N–H and O–H groups in total. The van der Waals surface area contributed by atoms with Crippen LogP contribution in [0.4, 0.5) is 11.4 Å². The Labute approximate surface area is 148 Å². The topological polar surface area (TPSA) is 50.4 Å². The molecule has 0 aromatic heterocycles. The summed E-state index contributed by atoms with van der Waals surface area (Å²) < 4.78 is 5.22. The Bertz CT molecular complexity index is 684. The quantitative estimate of drug-likeness (QED) is 0.748. The van der Waals surface area contributed by atoms with Crippen molar-refractivity contribution in [3.8, 4) is 5.75 Å². The van der Waals surface area contributed by atoms with Crippen molar-refractivity contribution in [1.82, 2.24) is 0 Å². The largest absolute Gasteiger partial charge is 0.495 e. The van der Waals surface area contributed by atoms with Crippen LogP contribution < -0.4 is 15.4 Å². The molecule has 0 radical (unpaired) electrons. The van der Waals surface area contributed by atoms with E-state index in [4.69, 9.17) is 16.3 Å². The monoisotopic (exact) mass is 346 g/mol. The average Bonchev–Trinajstić information content (AvgIpc) is 2.55. The van der Waals surface area contributed by atoms with Crippen LogP contribution in [0.2, 0.25) is 5.02 Å². The Morgan fingerprint density at radius 3 is 2.50 bits per heavy atom. The molecule has 0 atom stereocenters. The minimum atomic E-state index is -0.0955. The summed E-state index contributed by atoms with van der Waals surface area (Å²) in [5.41, 5.74) is 2.88. The number of anilines is 2. The SMILES string of the molecule is COc1ccc(Cl)cc1NC(=O)CCNc1ccc(C(C)C)cc1. The Hall–Kier alpha value is -2.20. The van der Waals surface area contributed by atoms with Gasteiger partial charge < -0.3 is 15.4 Å². The molecule has 0 heterocycles. The molecular weight excluding hydrogens is 324 g/mol. The lowest BCUT2D eigenvalue weighted by atomic mass is 10.0. The molecule has 0 saturated carbocycles. The smallest absolute Gasteiger partial charge is 0.226 e. The number of ether oxygens (including phenoxy) is 1. The molecule has 0 unspecified atom stereocenters. The molecule has 128 valence electrons. The zero-order valence-corrected chi connectivity index (χ0v) is 15.0. The number of carbonyl (C=O) groups is 1. The number of rotatable bonds is 7. The number of hydrogen-bond acceptors (Lipinski definition) is 3. The van der Waals surface area contributed by atoms with Gasteiger partial charge >= 0.3 is 0 Å². The van der Waals surface area contributed by atoms with Gasteiger partial charge in [0.05, 0.1) is 12.8 Å². The first-order valence-electron chi connectivity index (χ1n) is 7.97. The van der Waals surface area contributed by atoms with E-state index in [0.29, 0.717) is 35.3 Å². The highest BCUT2D eigenvalue weighted by molar-refractivity contribution is 6.31. The molecule has 4 nitrogen and oxygen atoms in total. The number of amides is 1. The highest BCUT2D eigenvalue weighted by Crippen LogP contribution is 2.27. The highest BCUT2D eigenvalue weighted by atomic mass is 35.5. The summed E-state index contributed by atoms with van der Waals surface area (Å²) in [5, 5.41) is 6.62. The molecule has 0 aliphatic heterocycles. The lowest BCUT2D eigenvalue weighted by molar-refractivity contribution is -0.115. The van der Waals surface area contributed by atoms with Gasteiger partial charge in [-0.3, -0.25) is 4.79 Å². The second-order valence-corrected chi connectivity index (χ2v) is 6.28. The summed E-state index contributed by atoms with van der Waals surface area (Å²) in [4.78, 5) is 12.1.